The van der Waals surface area contributed by atoms with Crippen LogP contribution in [0.4, 0.5) is 0 Å². The van der Waals surface area contributed by atoms with Gasteiger partial charge in [0.05, 0.1) is 0 Å². The summed E-state index contributed by atoms with van der Waals surface area (Å²) in [6, 6.07) is 6.23. The highest BCUT2D eigenvalue weighted by atomic mass is 16.5. The Kier molecular flexibility index (Phi) is 5.95. The second-order valence-electron chi connectivity index (χ2n) is 7.01. The number of hydrogen-bond donors (Lipinski definition) is 1. The minimum atomic E-state index is -0.446. The number of carbonyl (C=O) groups excluding carboxylic acids is 1. The summed E-state index contributed by atoms with van der Waals surface area (Å²) in [5.41, 5.74) is 4.18. The number of nitrogens with one attached hydrogen (secondary N) is 1. The van der Waals surface area contributed by atoms with Crippen LogP contribution in [0.2, 0.25) is 0 Å². The lowest BCUT2D eigenvalue weighted by Crippen LogP contribution is -2.37. The molecule has 0 fully saturated rings. The molecule has 2 aliphatic rings. The maximum atomic E-state index is 12.3. The van der Waals surface area contributed by atoms with Crippen molar-refractivity contribution in [3.8, 4) is 5.75 Å². The van der Waals surface area contributed by atoms with Gasteiger partial charge in [-0.05, 0) is 81.9 Å². The zero-order valence-corrected chi connectivity index (χ0v) is 14.8. The summed E-state index contributed by atoms with van der Waals surface area (Å²) in [5.74, 6) is 0.879. The highest BCUT2D eigenvalue weighted by Gasteiger charge is 2.19. The molecule has 0 bridgehead atoms. The van der Waals surface area contributed by atoms with Gasteiger partial charge >= 0.3 is 0 Å². The van der Waals surface area contributed by atoms with Crippen LogP contribution in [0.15, 0.2) is 29.8 Å². The highest BCUT2D eigenvalue weighted by Crippen LogP contribution is 2.30. The van der Waals surface area contributed by atoms with Crippen molar-refractivity contribution in [2.75, 3.05) is 6.54 Å². The zero-order valence-electron chi connectivity index (χ0n) is 14.8. The maximum absolute atomic E-state index is 12.3. The van der Waals surface area contributed by atoms with E-state index in [0.717, 1.165) is 25.0 Å². The first-order chi connectivity index (χ1) is 11.7. The third kappa shape index (κ3) is 4.40. The molecule has 1 aromatic carbocycles. The Hall–Kier alpha value is -1.77. The maximum Gasteiger partial charge on any atom is 0.260 e. The molecule has 0 heterocycles. The normalized spacial score (nSPS) is 18.3. The first-order valence-electron chi connectivity index (χ1n) is 9.47. The van der Waals surface area contributed by atoms with E-state index in [4.69, 9.17) is 4.74 Å². The molecule has 0 unspecified atom stereocenters. The van der Waals surface area contributed by atoms with Crippen LogP contribution in [0.1, 0.15) is 63.0 Å². The van der Waals surface area contributed by atoms with Crippen LogP contribution in [-0.2, 0) is 17.6 Å². The zero-order chi connectivity index (χ0) is 16.8. The number of benzene rings is 1. The van der Waals surface area contributed by atoms with Gasteiger partial charge in [-0.25, -0.2) is 0 Å². The third-order valence-electron chi connectivity index (χ3n) is 5.16. The fourth-order valence-corrected chi connectivity index (χ4v) is 3.72. The Bertz CT molecular complexity index is 606. The van der Waals surface area contributed by atoms with E-state index in [-0.39, 0.29) is 5.91 Å². The van der Waals surface area contributed by atoms with Gasteiger partial charge in [0.15, 0.2) is 6.10 Å². The minimum absolute atomic E-state index is 0.0141. The number of ether oxygens (including phenoxy) is 1. The van der Waals surface area contributed by atoms with Crippen molar-refractivity contribution in [1.82, 2.24) is 5.32 Å². The van der Waals surface area contributed by atoms with E-state index in [1.165, 1.54) is 55.2 Å². The molecule has 3 rings (SSSR count). The van der Waals surface area contributed by atoms with Gasteiger partial charge in [-0.3, -0.25) is 4.79 Å². The van der Waals surface area contributed by atoms with Gasteiger partial charge in [-0.1, -0.05) is 23.8 Å². The van der Waals surface area contributed by atoms with E-state index in [1.54, 1.807) is 0 Å². The first-order valence-corrected chi connectivity index (χ1v) is 9.47. The lowest BCUT2D eigenvalue weighted by atomic mass is 9.91. The van der Waals surface area contributed by atoms with E-state index < -0.39 is 6.10 Å². The molecule has 1 aromatic rings. The number of aryl methyl sites for hydroxylation is 1. The molecule has 3 nitrogen and oxygen atoms in total. The van der Waals surface area contributed by atoms with Crippen LogP contribution in [0.5, 0.6) is 5.75 Å². The molecule has 0 aromatic heterocycles. The Labute approximate surface area is 145 Å². The summed E-state index contributed by atoms with van der Waals surface area (Å²) in [4.78, 5) is 12.3. The summed E-state index contributed by atoms with van der Waals surface area (Å²) in [5, 5.41) is 3.03. The standard InChI is InChI=1S/C21H29NO2/c1-16(21(23)22-15-14-17-8-3-2-4-9-17)24-20-13-7-11-18-10-5-6-12-19(18)20/h7-8,11,13,16H,2-6,9-10,12,14-15H2,1H3,(H,22,23)/t16-/m1/s1. The molecule has 2 aliphatic carbocycles. The van der Waals surface area contributed by atoms with Gasteiger partial charge in [-0.15, -0.1) is 0 Å². The van der Waals surface area contributed by atoms with Crippen molar-refractivity contribution in [2.45, 2.75) is 70.8 Å². The number of hydrogen-bond acceptors (Lipinski definition) is 2. The topological polar surface area (TPSA) is 38.3 Å². The summed E-state index contributed by atoms with van der Waals surface area (Å²) in [7, 11) is 0. The predicted octanol–water partition coefficient (Wildman–Crippen LogP) is 4.34. The molecule has 0 saturated heterocycles. The number of fused-ring (bicyclic) bond motifs is 1. The number of rotatable bonds is 6. The van der Waals surface area contributed by atoms with E-state index in [0.29, 0.717) is 6.54 Å². The summed E-state index contributed by atoms with van der Waals surface area (Å²) < 4.78 is 5.99. The number of amides is 1. The average molecular weight is 327 g/mol. The smallest absolute Gasteiger partial charge is 0.260 e. The van der Waals surface area contributed by atoms with E-state index in [1.807, 2.05) is 19.1 Å². The highest BCUT2D eigenvalue weighted by molar-refractivity contribution is 5.80. The van der Waals surface area contributed by atoms with E-state index in [9.17, 15) is 4.79 Å². The van der Waals surface area contributed by atoms with Crippen LogP contribution in [0.25, 0.3) is 0 Å². The summed E-state index contributed by atoms with van der Waals surface area (Å²) in [6.07, 6.45) is 12.5. The Balaban J connectivity index is 1.50. The molecule has 1 atom stereocenters. The van der Waals surface area contributed by atoms with Crippen molar-refractivity contribution in [1.29, 1.82) is 0 Å². The van der Waals surface area contributed by atoms with Crippen LogP contribution < -0.4 is 10.1 Å². The monoisotopic (exact) mass is 327 g/mol. The van der Waals surface area contributed by atoms with Gasteiger partial charge in [0.25, 0.3) is 5.91 Å². The lowest BCUT2D eigenvalue weighted by molar-refractivity contribution is -0.127. The molecule has 0 radical (unpaired) electrons. The second kappa shape index (κ2) is 8.36. The molecule has 1 N–H and O–H groups in total. The third-order valence-corrected chi connectivity index (χ3v) is 5.16. The molecular formula is C21H29NO2. The average Bonchev–Trinajstić information content (AvgIpc) is 2.63. The molecule has 0 aliphatic heterocycles. The fraction of sp³-hybridized carbons (Fsp3) is 0.571. The molecule has 0 saturated carbocycles. The van der Waals surface area contributed by atoms with Crippen molar-refractivity contribution in [2.24, 2.45) is 0 Å². The van der Waals surface area contributed by atoms with Gasteiger partial charge in [0, 0.05) is 6.54 Å². The number of allylic oxidation sites excluding steroid dienone is 1. The van der Waals surface area contributed by atoms with Crippen molar-refractivity contribution >= 4 is 5.91 Å². The largest absolute Gasteiger partial charge is 0.481 e. The van der Waals surface area contributed by atoms with Crippen molar-refractivity contribution < 1.29 is 9.53 Å². The van der Waals surface area contributed by atoms with Gasteiger partial charge in [0.1, 0.15) is 5.75 Å². The Morgan fingerprint density at radius 3 is 2.83 bits per heavy atom. The molecular weight excluding hydrogens is 298 g/mol. The van der Waals surface area contributed by atoms with Crippen LogP contribution >= 0.6 is 0 Å². The van der Waals surface area contributed by atoms with Gasteiger partial charge in [0.2, 0.25) is 0 Å². The number of carbonyl (C=O) groups is 1. The quantitative estimate of drug-likeness (QED) is 0.789. The minimum Gasteiger partial charge on any atom is -0.481 e. The second-order valence-corrected chi connectivity index (χ2v) is 7.01. The van der Waals surface area contributed by atoms with Crippen LogP contribution in [-0.4, -0.2) is 18.6 Å². The molecule has 130 valence electrons. The van der Waals surface area contributed by atoms with E-state index >= 15 is 0 Å². The van der Waals surface area contributed by atoms with Crippen LogP contribution in [0.3, 0.4) is 0 Å². The SMILES string of the molecule is C[C@@H](Oc1cccc2c1CCCC2)C(=O)NCCC1=CCCCC1. The summed E-state index contributed by atoms with van der Waals surface area (Å²) in [6.45, 7) is 2.56. The van der Waals surface area contributed by atoms with Crippen molar-refractivity contribution in [3.05, 3.63) is 41.0 Å². The predicted molar refractivity (Wildman–Crippen MR) is 97.4 cm³/mol. The molecule has 1 amide bonds. The van der Waals surface area contributed by atoms with Gasteiger partial charge in [-0.2, -0.15) is 0 Å². The Morgan fingerprint density at radius 2 is 2.00 bits per heavy atom. The molecule has 24 heavy (non-hydrogen) atoms. The van der Waals surface area contributed by atoms with E-state index in [2.05, 4.69) is 17.5 Å². The Morgan fingerprint density at radius 1 is 1.17 bits per heavy atom. The summed E-state index contributed by atoms with van der Waals surface area (Å²) >= 11 is 0. The molecule has 0 spiro atoms. The molecule has 3 heteroatoms. The van der Waals surface area contributed by atoms with Crippen molar-refractivity contribution in [3.63, 3.8) is 0 Å². The lowest BCUT2D eigenvalue weighted by Gasteiger charge is -2.22. The van der Waals surface area contributed by atoms with Gasteiger partial charge < -0.3 is 10.1 Å². The fourth-order valence-electron chi connectivity index (χ4n) is 3.72. The first kappa shape index (κ1) is 17.1. The van der Waals surface area contributed by atoms with Crippen LogP contribution in [0, 0.1) is 0 Å².